The van der Waals surface area contributed by atoms with Crippen molar-refractivity contribution >= 4 is 11.0 Å². The SMILES string of the molecule is Cc1c(-c2cc(F)c(CNCCC3CCCCC3)c(F)c2)ccc2[nH]cnc12. The number of fused-ring (bicyclic) bond motifs is 1. The summed E-state index contributed by atoms with van der Waals surface area (Å²) < 4.78 is 29.3. The predicted octanol–water partition coefficient (Wildman–Crippen LogP) is 5.88. The van der Waals surface area contributed by atoms with Crippen LogP contribution in [0.1, 0.15) is 49.7 Å². The van der Waals surface area contributed by atoms with Crippen molar-refractivity contribution in [3.8, 4) is 11.1 Å². The number of aromatic amines is 1. The second-order valence-electron chi connectivity index (χ2n) is 7.92. The van der Waals surface area contributed by atoms with Gasteiger partial charge in [-0.05, 0) is 60.7 Å². The second-order valence-corrected chi connectivity index (χ2v) is 7.92. The molecule has 3 nitrogen and oxygen atoms in total. The highest BCUT2D eigenvalue weighted by Gasteiger charge is 2.16. The highest BCUT2D eigenvalue weighted by atomic mass is 19.1. The van der Waals surface area contributed by atoms with Crippen molar-refractivity contribution in [2.45, 2.75) is 52.0 Å². The molecule has 0 atom stereocenters. The summed E-state index contributed by atoms with van der Waals surface area (Å²) in [4.78, 5) is 7.36. The fraction of sp³-hybridized carbons (Fsp3) is 0.435. The van der Waals surface area contributed by atoms with Gasteiger partial charge in [0.05, 0.1) is 17.4 Å². The molecule has 0 radical (unpaired) electrons. The molecule has 1 saturated carbocycles. The molecule has 2 aromatic carbocycles. The largest absolute Gasteiger partial charge is 0.345 e. The number of benzene rings is 2. The Bertz CT molecular complexity index is 935. The molecule has 0 aliphatic heterocycles. The van der Waals surface area contributed by atoms with Gasteiger partial charge in [-0.1, -0.05) is 38.2 Å². The van der Waals surface area contributed by atoms with Gasteiger partial charge in [0.2, 0.25) is 0 Å². The molecule has 0 unspecified atom stereocenters. The molecular weight excluding hydrogens is 356 g/mol. The Kier molecular flexibility index (Phi) is 5.72. The van der Waals surface area contributed by atoms with Crippen LogP contribution in [0.5, 0.6) is 0 Å². The van der Waals surface area contributed by atoms with Gasteiger partial charge in [0, 0.05) is 12.1 Å². The quantitative estimate of drug-likeness (QED) is 0.522. The zero-order valence-electron chi connectivity index (χ0n) is 16.3. The molecule has 4 rings (SSSR count). The minimum Gasteiger partial charge on any atom is -0.345 e. The number of nitrogens with zero attached hydrogens (tertiary/aromatic N) is 1. The van der Waals surface area contributed by atoms with Crippen molar-refractivity contribution in [3.05, 3.63) is 53.4 Å². The van der Waals surface area contributed by atoms with Crippen LogP contribution in [0.2, 0.25) is 0 Å². The molecule has 1 heterocycles. The van der Waals surface area contributed by atoms with Gasteiger partial charge in [0.15, 0.2) is 0 Å². The molecule has 1 aliphatic rings. The van der Waals surface area contributed by atoms with Gasteiger partial charge < -0.3 is 10.3 Å². The topological polar surface area (TPSA) is 40.7 Å². The van der Waals surface area contributed by atoms with Crippen LogP contribution in [0.15, 0.2) is 30.6 Å². The van der Waals surface area contributed by atoms with E-state index in [0.717, 1.165) is 41.0 Å². The monoisotopic (exact) mass is 383 g/mol. The maximum absolute atomic E-state index is 14.7. The smallest absolute Gasteiger partial charge is 0.131 e. The van der Waals surface area contributed by atoms with Gasteiger partial charge in [0.25, 0.3) is 0 Å². The number of aryl methyl sites for hydroxylation is 1. The van der Waals surface area contributed by atoms with Gasteiger partial charge in [-0.15, -0.1) is 0 Å². The lowest BCUT2D eigenvalue weighted by atomic mass is 9.87. The fourth-order valence-electron chi connectivity index (χ4n) is 4.38. The summed E-state index contributed by atoms with van der Waals surface area (Å²) in [5.41, 5.74) is 4.12. The first-order valence-electron chi connectivity index (χ1n) is 10.2. The van der Waals surface area contributed by atoms with E-state index in [1.807, 2.05) is 19.1 Å². The van der Waals surface area contributed by atoms with Crippen molar-refractivity contribution in [2.24, 2.45) is 5.92 Å². The molecule has 0 saturated heterocycles. The van der Waals surface area contributed by atoms with E-state index < -0.39 is 11.6 Å². The van der Waals surface area contributed by atoms with Gasteiger partial charge >= 0.3 is 0 Å². The van der Waals surface area contributed by atoms with E-state index in [2.05, 4.69) is 15.3 Å². The third-order valence-electron chi connectivity index (χ3n) is 6.05. The Hall–Kier alpha value is -2.27. The lowest BCUT2D eigenvalue weighted by Crippen LogP contribution is -2.20. The van der Waals surface area contributed by atoms with Crippen LogP contribution >= 0.6 is 0 Å². The average molecular weight is 383 g/mol. The molecule has 0 spiro atoms. The van der Waals surface area contributed by atoms with E-state index >= 15 is 0 Å². The number of hydrogen-bond acceptors (Lipinski definition) is 2. The number of hydrogen-bond donors (Lipinski definition) is 2. The number of rotatable bonds is 6. The summed E-state index contributed by atoms with van der Waals surface area (Å²) in [5.74, 6) is -0.235. The Balaban J connectivity index is 1.46. The van der Waals surface area contributed by atoms with Crippen LogP contribution in [0.3, 0.4) is 0 Å². The number of halogens is 2. The van der Waals surface area contributed by atoms with Crippen molar-refractivity contribution in [3.63, 3.8) is 0 Å². The van der Waals surface area contributed by atoms with E-state index in [-0.39, 0.29) is 12.1 Å². The van der Waals surface area contributed by atoms with Crippen LogP contribution in [-0.4, -0.2) is 16.5 Å². The average Bonchev–Trinajstić information content (AvgIpc) is 3.17. The zero-order chi connectivity index (χ0) is 19.5. The number of nitrogens with one attached hydrogen (secondary N) is 2. The molecule has 28 heavy (non-hydrogen) atoms. The maximum Gasteiger partial charge on any atom is 0.131 e. The molecule has 1 aromatic heterocycles. The van der Waals surface area contributed by atoms with Crippen molar-refractivity contribution < 1.29 is 8.78 Å². The molecule has 0 amide bonds. The van der Waals surface area contributed by atoms with Gasteiger partial charge in [-0.25, -0.2) is 13.8 Å². The summed E-state index contributed by atoms with van der Waals surface area (Å²) >= 11 is 0. The number of imidazole rings is 1. The van der Waals surface area contributed by atoms with E-state index in [1.165, 1.54) is 44.2 Å². The highest BCUT2D eigenvalue weighted by Crippen LogP contribution is 2.30. The molecule has 2 N–H and O–H groups in total. The highest BCUT2D eigenvalue weighted by molar-refractivity contribution is 5.86. The van der Waals surface area contributed by atoms with Crippen LogP contribution in [0, 0.1) is 24.5 Å². The Morgan fingerprint density at radius 1 is 1.11 bits per heavy atom. The Morgan fingerprint density at radius 2 is 1.86 bits per heavy atom. The zero-order valence-corrected chi connectivity index (χ0v) is 16.3. The molecule has 1 aliphatic carbocycles. The van der Waals surface area contributed by atoms with Gasteiger partial charge in [-0.3, -0.25) is 0 Å². The van der Waals surface area contributed by atoms with E-state index in [9.17, 15) is 8.78 Å². The van der Waals surface area contributed by atoms with E-state index in [0.29, 0.717) is 5.56 Å². The lowest BCUT2D eigenvalue weighted by Gasteiger charge is -2.21. The summed E-state index contributed by atoms with van der Waals surface area (Å²) in [5, 5.41) is 3.23. The third-order valence-corrected chi connectivity index (χ3v) is 6.05. The maximum atomic E-state index is 14.7. The van der Waals surface area contributed by atoms with Crippen LogP contribution in [0.25, 0.3) is 22.2 Å². The normalized spacial score (nSPS) is 15.4. The molecule has 0 bridgehead atoms. The first-order chi connectivity index (χ1) is 13.6. The van der Waals surface area contributed by atoms with E-state index in [4.69, 9.17) is 0 Å². The minimum atomic E-state index is -0.498. The van der Waals surface area contributed by atoms with Crippen molar-refractivity contribution in [1.29, 1.82) is 0 Å². The van der Waals surface area contributed by atoms with Crippen molar-refractivity contribution in [1.82, 2.24) is 15.3 Å². The molecule has 3 aromatic rings. The molecule has 5 heteroatoms. The summed E-state index contributed by atoms with van der Waals surface area (Å²) in [6.07, 6.45) is 9.28. The molecular formula is C23H27F2N3. The second kappa shape index (κ2) is 8.39. The third kappa shape index (κ3) is 3.95. The van der Waals surface area contributed by atoms with Crippen LogP contribution in [0.4, 0.5) is 8.78 Å². The molecule has 148 valence electrons. The lowest BCUT2D eigenvalue weighted by molar-refractivity contribution is 0.333. The summed E-state index contributed by atoms with van der Waals surface area (Å²) in [6.45, 7) is 2.96. The van der Waals surface area contributed by atoms with Crippen molar-refractivity contribution in [2.75, 3.05) is 6.54 Å². The Morgan fingerprint density at radius 3 is 2.61 bits per heavy atom. The number of H-pyrrole nitrogens is 1. The Labute approximate surface area is 164 Å². The van der Waals surface area contributed by atoms with Crippen LogP contribution in [-0.2, 0) is 6.54 Å². The first-order valence-corrected chi connectivity index (χ1v) is 10.2. The summed E-state index contributed by atoms with van der Waals surface area (Å²) in [6, 6.07) is 6.64. The number of aromatic nitrogens is 2. The summed E-state index contributed by atoms with van der Waals surface area (Å²) in [7, 11) is 0. The van der Waals surface area contributed by atoms with E-state index in [1.54, 1.807) is 6.33 Å². The predicted molar refractivity (Wildman–Crippen MR) is 109 cm³/mol. The van der Waals surface area contributed by atoms with Gasteiger partial charge in [-0.2, -0.15) is 0 Å². The minimum absolute atomic E-state index is 0.117. The fourth-order valence-corrected chi connectivity index (χ4v) is 4.38. The molecule has 1 fully saturated rings. The van der Waals surface area contributed by atoms with Gasteiger partial charge in [0.1, 0.15) is 11.6 Å². The standard InChI is InChI=1S/C23H27F2N3/c1-15-18(7-8-22-23(15)28-14-27-22)17-11-20(24)19(21(25)12-17)13-26-10-9-16-5-3-2-4-6-16/h7-8,11-12,14,16,26H,2-6,9-10,13H2,1H3,(H,27,28). The first kappa shape index (κ1) is 19.1. The van der Waals surface area contributed by atoms with Crippen LogP contribution < -0.4 is 5.32 Å².